The van der Waals surface area contributed by atoms with Crippen LogP contribution in [0.3, 0.4) is 0 Å². The van der Waals surface area contributed by atoms with Crippen molar-refractivity contribution in [1.82, 2.24) is 19.7 Å². The maximum absolute atomic E-state index is 14.8. The van der Waals surface area contributed by atoms with E-state index in [0.717, 1.165) is 41.6 Å². The van der Waals surface area contributed by atoms with E-state index < -0.39 is 29.8 Å². The van der Waals surface area contributed by atoms with E-state index in [9.17, 15) is 23.9 Å². The molecule has 240 valence electrons. The summed E-state index contributed by atoms with van der Waals surface area (Å²) in [7, 11) is 0. The normalized spacial score (nSPS) is 18.7. The summed E-state index contributed by atoms with van der Waals surface area (Å²) in [6, 6.07) is 15.6. The number of aromatic carboxylic acids is 1. The van der Waals surface area contributed by atoms with Gasteiger partial charge in [0.15, 0.2) is 17.4 Å². The molecule has 7 rings (SSSR count). The molecule has 0 saturated heterocycles. The van der Waals surface area contributed by atoms with Crippen LogP contribution in [0.1, 0.15) is 56.7 Å². The Morgan fingerprint density at radius 1 is 1.02 bits per heavy atom. The zero-order chi connectivity index (χ0) is 32.8. The number of carboxylic acids is 1. The van der Waals surface area contributed by atoms with E-state index in [0.29, 0.717) is 18.5 Å². The lowest BCUT2D eigenvalue weighted by molar-refractivity contribution is -0.149. The summed E-state index contributed by atoms with van der Waals surface area (Å²) in [5.41, 5.74) is 3.83. The molecule has 0 unspecified atom stereocenters. The standard InChI is InChI=1S/C34H30ClFN6O5/c1-19-37-38-30-18-40(14-15-41(19)30)27-7-3-4-23-22(27)12-13-42(32(23)28(43)16-20-8-10-21(11-9-20)34(45)46)33(44)29-17-26(39-47-29)24-5-2-6-25(35)31(24)36/h2-11,29,32H,12-18H2,1H3,(H,45,46)/t29-,32+/m1/s1. The van der Waals surface area contributed by atoms with E-state index in [-0.39, 0.29) is 47.0 Å². The summed E-state index contributed by atoms with van der Waals surface area (Å²) in [6.45, 7) is 4.20. The van der Waals surface area contributed by atoms with Crippen LogP contribution in [0.15, 0.2) is 65.8 Å². The Labute approximate surface area is 274 Å². The molecule has 0 saturated carbocycles. The summed E-state index contributed by atoms with van der Waals surface area (Å²) in [5, 5.41) is 21.8. The quantitative estimate of drug-likeness (QED) is 0.307. The zero-order valence-corrected chi connectivity index (χ0v) is 26.2. The highest BCUT2D eigenvalue weighted by atomic mass is 35.5. The number of aryl methyl sites for hydroxylation is 1. The lowest BCUT2D eigenvalue weighted by Gasteiger charge is -2.40. The van der Waals surface area contributed by atoms with Gasteiger partial charge in [-0.1, -0.05) is 47.1 Å². The molecule has 3 aliphatic heterocycles. The SMILES string of the molecule is Cc1nnc2n1CCN(c1cccc3c1CCN(C(=O)[C@H]1CC(c4cccc(Cl)c4F)=NO1)[C@@H]3C(=O)Cc1ccc(C(=O)O)cc1)C2. The van der Waals surface area contributed by atoms with Crippen molar-refractivity contribution in [2.75, 3.05) is 18.0 Å². The highest BCUT2D eigenvalue weighted by Gasteiger charge is 2.42. The number of halogens is 2. The van der Waals surface area contributed by atoms with Crippen LogP contribution < -0.4 is 4.90 Å². The fourth-order valence-electron chi connectivity index (χ4n) is 6.68. The number of aromatic nitrogens is 3. The molecule has 4 heterocycles. The minimum Gasteiger partial charge on any atom is -0.478 e. The minimum absolute atomic E-state index is 0.0188. The van der Waals surface area contributed by atoms with Gasteiger partial charge < -0.3 is 24.3 Å². The Morgan fingerprint density at radius 2 is 1.81 bits per heavy atom. The topological polar surface area (TPSA) is 130 Å². The number of oxime groups is 1. The Hall–Kier alpha value is -5.10. The van der Waals surface area contributed by atoms with Gasteiger partial charge >= 0.3 is 5.97 Å². The molecule has 1 aromatic heterocycles. The summed E-state index contributed by atoms with van der Waals surface area (Å²) in [5.74, 6) is -0.628. The fourth-order valence-corrected chi connectivity index (χ4v) is 6.86. The van der Waals surface area contributed by atoms with Gasteiger partial charge in [0.2, 0.25) is 6.10 Å². The second-order valence-electron chi connectivity index (χ2n) is 11.8. The molecule has 13 heteroatoms. The minimum atomic E-state index is -1.06. The number of amides is 1. The van der Waals surface area contributed by atoms with Crippen molar-refractivity contribution in [2.24, 2.45) is 5.16 Å². The van der Waals surface area contributed by atoms with E-state index in [1.54, 1.807) is 18.2 Å². The number of carbonyl (C=O) groups is 3. The number of hydrogen-bond donors (Lipinski definition) is 1. The van der Waals surface area contributed by atoms with Crippen molar-refractivity contribution in [1.29, 1.82) is 0 Å². The molecule has 1 amide bonds. The number of carbonyl (C=O) groups excluding carboxylic acids is 2. The largest absolute Gasteiger partial charge is 0.478 e. The molecule has 3 aliphatic rings. The van der Waals surface area contributed by atoms with Gasteiger partial charge in [-0.05, 0) is 60.4 Å². The van der Waals surface area contributed by atoms with E-state index in [4.69, 9.17) is 16.4 Å². The third kappa shape index (κ3) is 5.62. The van der Waals surface area contributed by atoms with Crippen molar-refractivity contribution >= 4 is 40.7 Å². The third-order valence-electron chi connectivity index (χ3n) is 9.05. The second-order valence-corrected chi connectivity index (χ2v) is 12.3. The maximum Gasteiger partial charge on any atom is 0.335 e. The Kier molecular flexibility index (Phi) is 7.96. The molecule has 4 aromatic rings. The first-order chi connectivity index (χ1) is 22.7. The van der Waals surface area contributed by atoms with Crippen LogP contribution in [-0.4, -0.2) is 67.3 Å². The molecule has 3 aromatic carbocycles. The maximum atomic E-state index is 14.8. The van der Waals surface area contributed by atoms with Crippen LogP contribution in [0.5, 0.6) is 0 Å². The van der Waals surface area contributed by atoms with Crippen LogP contribution >= 0.6 is 11.6 Å². The highest BCUT2D eigenvalue weighted by Crippen LogP contribution is 2.39. The van der Waals surface area contributed by atoms with Crippen molar-refractivity contribution in [3.8, 4) is 0 Å². The Bertz CT molecular complexity index is 1940. The van der Waals surface area contributed by atoms with E-state index in [1.165, 1.54) is 29.2 Å². The number of Topliss-reactive ketones (excluding diaryl/α,β-unsaturated/α-hetero) is 1. The van der Waals surface area contributed by atoms with Crippen LogP contribution in [0.4, 0.5) is 10.1 Å². The highest BCUT2D eigenvalue weighted by molar-refractivity contribution is 6.31. The summed E-state index contributed by atoms with van der Waals surface area (Å²) < 4.78 is 16.9. The van der Waals surface area contributed by atoms with E-state index >= 15 is 0 Å². The summed E-state index contributed by atoms with van der Waals surface area (Å²) in [4.78, 5) is 49.0. The second kappa shape index (κ2) is 12.3. The van der Waals surface area contributed by atoms with Crippen LogP contribution in [0.2, 0.25) is 5.02 Å². The molecule has 11 nitrogen and oxygen atoms in total. The van der Waals surface area contributed by atoms with Crippen molar-refractivity contribution in [3.05, 3.63) is 111 Å². The molecule has 1 N–H and O–H groups in total. The molecule has 0 bridgehead atoms. The average molecular weight is 657 g/mol. The van der Waals surface area contributed by atoms with Gasteiger partial charge in [-0.2, -0.15) is 0 Å². The van der Waals surface area contributed by atoms with Gasteiger partial charge in [-0.25, -0.2) is 9.18 Å². The van der Waals surface area contributed by atoms with Gasteiger partial charge in [0.25, 0.3) is 5.91 Å². The number of ketones is 1. The number of hydrogen-bond acceptors (Lipinski definition) is 8. The molecule has 0 radical (unpaired) electrons. The van der Waals surface area contributed by atoms with Crippen LogP contribution in [-0.2, 0) is 40.4 Å². The molecule has 2 atom stereocenters. The van der Waals surface area contributed by atoms with Gasteiger partial charge in [-0.15, -0.1) is 10.2 Å². The number of fused-ring (bicyclic) bond motifs is 2. The monoisotopic (exact) mass is 656 g/mol. The predicted molar refractivity (Wildman–Crippen MR) is 170 cm³/mol. The number of rotatable bonds is 7. The molecule has 47 heavy (non-hydrogen) atoms. The first kappa shape index (κ1) is 30.5. The van der Waals surface area contributed by atoms with E-state index in [2.05, 4.69) is 24.8 Å². The fraction of sp³-hybridized carbons (Fsp3) is 0.294. The third-order valence-corrected chi connectivity index (χ3v) is 9.34. The molecule has 0 spiro atoms. The van der Waals surface area contributed by atoms with Gasteiger partial charge in [0, 0.05) is 43.7 Å². The smallest absolute Gasteiger partial charge is 0.335 e. The van der Waals surface area contributed by atoms with Crippen LogP contribution in [0.25, 0.3) is 0 Å². The lowest BCUT2D eigenvalue weighted by atomic mass is 9.86. The summed E-state index contributed by atoms with van der Waals surface area (Å²) in [6.07, 6.45) is -0.550. The number of carboxylic acid groups (broad SMARTS) is 1. The van der Waals surface area contributed by atoms with Crippen LogP contribution in [0, 0.1) is 12.7 Å². The average Bonchev–Trinajstić information content (AvgIpc) is 3.72. The molecular weight excluding hydrogens is 627 g/mol. The lowest BCUT2D eigenvalue weighted by Crippen LogP contribution is -2.48. The predicted octanol–water partition coefficient (Wildman–Crippen LogP) is 4.53. The van der Waals surface area contributed by atoms with Crippen molar-refractivity contribution < 1.29 is 28.7 Å². The van der Waals surface area contributed by atoms with Crippen molar-refractivity contribution in [2.45, 2.75) is 51.4 Å². The summed E-state index contributed by atoms with van der Waals surface area (Å²) >= 11 is 5.98. The Morgan fingerprint density at radius 3 is 2.60 bits per heavy atom. The van der Waals surface area contributed by atoms with E-state index in [1.807, 2.05) is 25.1 Å². The van der Waals surface area contributed by atoms with Gasteiger partial charge in [0.1, 0.15) is 11.9 Å². The Balaban J connectivity index is 1.20. The first-order valence-corrected chi connectivity index (χ1v) is 15.6. The number of benzene rings is 3. The molecule has 0 aliphatic carbocycles. The van der Waals surface area contributed by atoms with Gasteiger partial charge in [0.05, 0.1) is 22.8 Å². The molecule has 0 fully saturated rings. The van der Waals surface area contributed by atoms with Gasteiger partial charge in [-0.3, -0.25) is 9.59 Å². The first-order valence-electron chi connectivity index (χ1n) is 15.3. The zero-order valence-electron chi connectivity index (χ0n) is 25.4. The molecular formula is C34H30ClFN6O5. The number of nitrogens with zero attached hydrogens (tertiary/aromatic N) is 6. The number of anilines is 1. The van der Waals surface area contributed by atoms with Crippen molar-refractivity contribution in [3.63, 3.8) is 0 Å².